The van der Waals surface area contributed by atoms with Crippen LogP contribution in [0.25, 0.3) is 0 Å². The minimum atomic E-state index is -0.879. The van der Waals surface area contributed by atoms with Crippen molar-refractivity contribution in [3.8, 4) is 0 Å². The fourth-order valence-electron chi connectivity index (χ4n) is 4.22. The zero-order valence-corrected chi connectivity index (χ0v) is 44.6. The predicted octanol–water partition coefficient (Wildman–Crippen LogP) is -8.96. The average molecular weight is 1300 g/mol. The van der Waals surface area contributed by atoms with E-state index < -0.39 is 23.9 Å². The number of quaternary nitrogens is 4. The molecular weight excluding hydrogens is 1240 g/mol. The maximum atomic E-state index is 10.7. The molecule has 0 fully saturated rings. The van der Waals surface area contributed by atoms with Crippen molar-refractivity contribution in [2.75, 3.05) is 84.6 Å². The Morgan fingerprint density at radius 2 is 0.450 bits per heavy atom. The summed E-state index contributed by atoms with van der Waals surface area (Å²) in [6, 6.07) is 27.9. The van der Waals surface area contributed by atoms with Gasteiger partial charge in [0, 0.05) is 24.3 Å². The molecule has 4 aromatic carbocycles. The van der Waals surface area contributed by atoms with Gasteiger partial charge in [0.2, 0.25) is 0 Å². The van der Waals surface area contributed by atoms with Crippen LogP contribution >= 0.6 is 0 Å². The molecule has 0 spiro atoms. The lowest BCUT2D eigenvalue weighted by Gasteiger charge is -2.23. The maximum Gasteiger partial charge on any atom is 0.335 e. The van der Waals surface area contributed by atoms with Crippen molar-refractivity contribution in [3.63, 3.8) is 0 Å². The molecule has 0 aromatic heterocycles. The van der Waals surface area contributed by atoms with Crippen LogP contribution in [0, 0.1) is 0 Å². The van der Waals surface area contributed by atoms with Crippen molar-refractivity contribution in [2.45, 2.75) is 0 Å². The zero-order valence-electron chi connectivity index (χ0n) is 36.0. The number of hydrogen-bond acceptors (Lipinski definition) is 4. The topological polar surface area (TPSA) is 275 Å². The molecule has 4 aromatic rings. The van der Waals surface area contributed by atoms with Crippen molar-refractivity contribution in [1.29, 1.82) is 0 Å². The van der Waals surface area contributed by atoms with Gasteiger partial charge in [-0.2, -0.15) is 0 Å². The second-order valence-electron chi connectivity index (χ2n) is 15.5. The highest BCUT2D eigenvalue weighted by atomic mass is 127. The van der Waals surface area contributed by atoms with Crippen LogP contribution in [0.1, 0.15) is 41.4 Å². The summed E-state index contributed by atoms with van der Waals surface area (Å²) >= 11 is 0. The Labute approximate surface area is 422 Å². The summed E-state index contributed by atoms with van der Waals surface area (Å²) in [4.78, 5) is 42.7. The van der Waals surface area contributed by atoms with E-state index in [-0.39, 0.29) is 118 Å². The summed E-state index contributed by atoms with van der Waals surface area (Å²) in [5.41, 5.74) is 5.30. The molecule has 0 amide bonds. The van der Waals surface area contributed by atoms with Crippen LogP contribution in [-0.4, -0.2) is 151 Å². The van der Waals surface area contributed by atoms with Crippen LogP contribution in [0.2, 0.25) is 0 Å². The lowest BCUT2D eigenvalue weighted by Crippen LogP contribution is -3.00. The van der Waals surface area contributed by atoms with Gasteiger partial charge in [0.05, 0.1) is 107 Å². The molecule has 0 aliphatic rings. The minimum absolute atomic E-state index is 0. The summed E-state index contributed by atoms with van der Waals surface area (Å²) in [5, 5.41) is 35.1. The highest BCUT2D eigenvalue weighted by Crippen LogP contribution is 2.20. The summed E-state index contributed by atoms with van der Waals surface area (Å²) in [6.07, 6.45) is 0. The van der Waals surface area contributed by atoms with E-state index in [1.54, 1.807) is 72.8 Å². The van der Waals surface area contributed by atoms with E-state index in [9.17, 15) is 19.2 Å². The van der Waals surface area contributed by atoms with E-state index in [0.29, 0.717) is 40.2 Å². The smallest absolute Gasteiger partial charge is 0.335 e. The first kappa shape index (κ1) is 74.8. The van der Waals surface area contributed by atoms with Gasteiger partial charge >= 0.3 is 23.9 Å². The number of rotatable bonds is 8. The molecule has 344 valence electrons. The summed E-state index contributed by atoms with van der Waals surface area (Å²) in [6.45, 7) is 0. The highest BCUT2D eigenvalue weighted by molar-refractivity contribution is 5.90. The SMILES string of the molecule is C[N+](C)(C)c1cccc(C(=O)O)c1.C[N+](C)(C)c1cccc(C(=O)O)c1.C[N+](C)(C)c1cccc(C(=O)O)c1.C[N+](C)(C)c1cccc(C(=O)O)c1.O.O.O.O.[I-].[I-].[I-].[I-]. The van der Waals surface area contributed by atoms with Crippen LogP contribution in [0.5, 0.6) is 0 Å². The van der Waals surface area contributed by atoms with Gasteiger partial charge in [-0.05, 0) is 48.5 Å². The Hall–Kier alpha value is -2.64. The molecule has 0 bridgehead atoms. The molecule has 16 nitrogen and oxygen atoms in total. The van der Waals surface area contributed by atoms with Crippen molar-refractivity contribution in [1.82, 2.24) is 17.9 Å². The number of halogens is 4. The summed E-state index contributed by atoms with van der Waals surface area (Å²) in [7, 11) is 24.0. The summed E-state index contributed by atoms with van der Waals surface area (Å²) in [5.74, 6) is -3.52. The number of carboxylic acids is 4. The molecule has 0 saturated heterocycles. The first-order valence-corrected chi connectivity index (χ1v) is 16.3. The molecule has 20 heteroatoms. The molecule has 0 saturated carbocycles. The number of carboxylic acid groups (broad SMARTS) is 4. The number of nitrogens with zero attached hydrogens (tertiary/aromatic N) is 4. The highest BCUT2D eigenvalue weighted by Gasteiger charge is 2.17. The monoisotopic (exact) mass is 1300 g/mol. The van der Waals surface area contributed by atoms with E-state index in [1.807, 2.05) is 109 Å². The fourth-order valence-corrected chi connectivity index (χ4v) is 4.22. The molecule has 0 radical (unpaired) electrons. The van der Waals surface area contributed by atoms with Gasteiger partial charge in [-0.1, -0.05) is 24.3 Å². The van der Waals surface area contributed by atoms with Crippen molar-refractivity contribution >= 4 is 46.6 Å². The second-order valence-corrected chi connectivity index (χ2v) is 15.5. The molecule has 12 N–H and O–H groups in total. The molecule has 0 aliphatic carbocycles. The standard InChI is InChI=1S/4C10H13NO2.4HI.4H2O/c4*1-11(2,3)9-6-4-5-8(7-9)10(12)13;;;;;;;;/h4*4-7H,1-3H3;4*1H;4*1H2. The summed E-state index contributed by atoms with van der Waals surface area (Å²) < 4.78 is 2.50. The van der Waals surface area contributed by atoms with Gasteiger partial charge in [-0.15, -0.1) is 0 Å². The van der Waals surface area contributed by atoms with E-state index >= 15 is 0 Å². The lowest BCUT2D eigenvalue weighted by atomic mass is 10.2. The van der Waals surface area contributed by atoms with E-state index in [2.05, 4.69) is 0 Å². The van der Waals surface area contributed by atoms with E-state index in [4.69, 9.17) is 20.4 Å². The Morgan fingerprint density at radius 3 is 0.550 bits per heavy atom. The van der Waals surface area contributed by atoms with E-state index in [1.165, 1.54) is 0 Å². The third-order valence-electron chi connectivity index (χ3n) is 7.47. The zero-order chi connectivity index (χ0) is 40.2. The van der Waals surface area contributed by atoms with Crippen LogP contribution in [0.4, 0.5) is 22.7 Å². The second kappa shape index (κ2) is 32.1. The van der Waals surface area contributed by atoms with Gasteiger partial charge in [-0.25, -0.2) is 19.2 Å². The first-order chi connectivity index (χ1) is 23.6. The van der Waals surface area contributed by atoms with Crippen molar-refractivity contribution in [2.24, 2.45) is 0 Å². The Bertz CT molecular complexity index is 1600. The Morgan fingerprint density at radius 1 is 0.317 bits per heavy atom. The molecule has 0 atom stereocenters. The van der Waals surface area contributed by atoms with Gasteiger partial charge < -0.3 is 138 Å². The van der Waals surface area contributed by atoms with E-state index in [0.717, 1.165) is 22.7 Å². The maximum absolute atomic E-state index is 10.7. The largest absolute Gasteiger partial charge is 1.00 e. The first-order valence-electron chi connectivity index (χ1n) is 16.3. The van der Waals surface area contributed by atoms with Gasteiger partial charge in [-0.3, -0.25) is 17.9 Å². The average Bonchev–Trinajstić information content (AvgIpc) is 3.04. The van der Waals surface area contributed by atoms with Crippen molar-refractivity contribution in [3.05, 3.63) is 119 Å². The van der Waals surface area contributed by atoms with Crippen LogP contribution in [-0.2, 0) is 0 Å². The molecule has 0 heterocycles. The molecule has 0 aliphatic heterocycles. The molecule has 60 heavy (non-hydrogen) atoms. The molecule has 0 unspecified atom stereocenters. The molecular formula is C40H64I4N4O12. The van der Waals surface area contributed by atoms with Crippen LogP contribution in [0.15, 0.2) is 97.1 Å². The third kappa shape index (κ3) is 27.3. The lowest BCUT2D eigenvalue weighted by molar-refractivity contribution is -0.00100. The Kier molecular flexibility index (Phi) is 40.0. The van der Waals surface area contributed by atoms with Crippen molar-refractivity contribution < 1.29 is 157 Å². The number of carbonyl (C=O) groups is 4. The molecule has 4 rings (SSSR count). The van der Waals surface area contributed by atoms with Gasteiger partial charge in [0.1, 0.15) is 22.7 Å². The number of aromatic carboxylic acids is 4. The normalized spacial score (nSPS) is 9.80. The minimum Gasteiger partial charge on any atom is -1.00 e. The van der Waals surface area contributed by atoms with Crippen LogP contribution in [0.3, 0.4) is 0 Å². The number of benzene rings is 4. The van der Waals surface area contributed by atoms with Gasteiger partial charge in [0.15, 0.2) is 0 Å². The van der Waals surface area contributed by atoms with Gasteiger partial charge in [0.25, 0.3) is 0 Å². The Balaban J connectivity index is -0.0000000959. The predicted molar refractivity (Wildman–Crippen MR) is 226 cm³/mol. The fraction of sp³-hybridized carbons (Fsp3) is 0.300. The quantitative estimate of drug-likeness (QED) is 0.0970. The van der Waals surface area contributed by atoms with Crippen LogP contribution < -0.4 is 114 Å². The number of hydrogen-bond donors (Lipinski definition) is 4. The third-order valence-corrected chi connectivity index (χ3v) is 7.47.